The van der Waals surface area contributed by atoms with Gasteiger partial charge < -0.3 is 14.5 Å². The second-order valence-corrected chi connectivity index (χ2v) is 4.71. The summed E-state index contributed by atoms with van der Waals surface area (Å²) in [7, 11) is 1.68. The van der Waals surface area contributed by atoms with Gasteiger partial charge in [0, 0.05) is 23.7 Å². The Morgan fingerprint density at radius 1 is 1.39 bits per heavy atom. The highest BCUT2D eigenvalue weighted by molar-refractivity contribution is 5.84. The molecule has 1 aromatic heterocycles. The van der Waals surface area contributed by atoms with Crippen molar-refractivity contribution in [3.8, 4) is 5.75 Å². The number of fused-ring (bicyclic) bond motifs is 1. The SMILES string of the molecule is CC1CCCO1.COc1ccc2[nH]cc(C)c2c1. The number of aromatic nitrogens is 1. The maximum atomic E-state index is 5.15. The van der Waals surface area contributed by atoms with Crippen molar-refractivity contribution in [1.82, 2.24) is 4.98 Å². The van der Waals surface area contributed by atoms with Crippen LogP contribution >= 0.6 is 0 Å². The average Bonchev–Trinajstić information content (AvgIpc) is 3.00. The third kappa shape index (κ3) is 3.05. The van der Waals surface area contributed by atoms with Crippen LogP contribution in [-0.2, 0) is 4.74 Å². The number of methoxy groups -OCH3 is 1. The van der Waals surface area contributed by atoms with Crippen molar-refractivity contribution in [2.45, 2.75) is 32.8 Å². The maximum absolute atomic E-state index is 5.15. The predicted molar refractivity (Wildman–Crippen MR) is 74.2 cm³/mol. The molecule has 0 amide bonds. The minimum atomic E-state index is 0.546. The van der Waals surface area contributed by atoms with E-state index in [9.17, 15) is 0 Å². The normalized spacial score (nSPS) is 18.5. The van der Waals surface area contributed by atoms with Gasteiger partial charge >= 0.3 is 0 Å². The molecule has 0 aliphatic carbocycles. The molecule has 2 heterocycles. The summed E-state index contributed by atoms with van der Waals surface area (Å²) in [6.45, 7) is 5.19. The van der Waals surface area contributed by atoms with Gasteiger partial charge in [0.2, 0.25) is 0 Å². The molecule has 1 N–H and O–H groups in total. The van der Waals surface area contributed by atoms with Crippen molar-refractivity contribution in [2.24, 2.45) is 0 Å². The first-order valence-corrected chi connectivity index (χ1v) is 6.44. The number of rotatable bonds is 1. The molecule has 1 unspecified atom stereocenters. The number of benzene rings is 1. The molecule has 1 aromatic carbocycles. The fraction of sp³-hybridized carbons (Fsp3) is 0.467. The van der Waals surface area contributed by atoms with E-state index < -0.39 is 0 Å². The highest BCUT2D eigenvalue weighted by Gasteiger charge is 2.07. The van der Waals surface area contributed by atoms with Crippen molar-refractivity contribution >= 4 is 10.9 Å². The van der Waals surface area contributed by atoms with E-state index in [0.29, 0.717) is 6.10 Å². The molecule has 3 heteroatoms. The number of hydrogen-bond acceptors (Lipinski definition) is 2. The first-order chi connectivity index (χ1) is 8.70. The Kier molecular flexibility index (Phi) is 4.26. The zero-order chi connectivity index (χ0) is 13.0. The van der Waals surface area contributed by atoms with Gasteiger partial charge in [-0.1, -0.05) is 0 Å². The lowest BCUT2D eigenvalue weighted by molar-refractivity contribution is 0.125. The number of aromatic amines is 1. The molecular weight excluding hydrogens is 226 g/mol. The van der Waals surface area contributed by atoms with Crippen LogP contribution in [0.3, 0.4) is 0 Å². The van der Waals surface area contributed by atoms with E-state index in [1.807, 2.05) is 24.4 Å². The van der Waals surface area contributed by atoms with E-state index in [1.54, 1.807) is 7.11 Å². The minimum Gasteiger partial charge on any atom is -0.497 e. The quantitative estimate of drug-likeness (QED) is 0.834. The zero-order valence-corrected chi connectivity index (χ0v) is 11.3. The lowest BCUT2D eigenvalue weighted by atomic mass is 10.2. The number of nitrogens with one attached hydrogen (secondary N) is 1. The lowest BCUT2D eigenvalue weighted by Gasteiger charge is -1.98. The van der Waals surface area contributed by atoms with Crippen LogP contribution in [0.5, 0.6) is 5.75 Å². The third-order valence-electron chi connectivity index (χ3n) is 3.25. The van der Waals surface area contributed by atoms with Crippen molar-refractivity contribution in [1.29, 1.82) is 0 Å². The Labute approximate surface area is 108 Å². The van der Waals surface area contributed by atoms with E-state index >= 15 is 0 Å². The summed E-state index contributed by atoms with van der Waals surface area (Å²) in [5.74, 6) is 0.908. The molecule has 1 fully saturated rings. The first-order valence-electron chi connectivity index (χ1n) is 6.44. The smallest absolute Gasteiger partial charge is 0.119 e. The molecule has 1 aliphatic heterocycles. The Balaban J connectivity index is 0.000000169. The molecule has 2 aromatic rings. The van der Waals surface area contributed by atoms with Crippen LogP contribution in [0, 0.1) is 6.92 Å². The molecular formula is C15H21NO2. The maximum Gasteiger partial charge on any atom is 0.119 e. The van der Waals surface area contributed by atoms with Gasteiger partial charge in [-0.15, -0.1) is 0 Å². The van der Waals surface area contributed by atoms with Gasteiger partial charge in [-0.3, -0.25) is 0 Å². The summed E-state index contributed by atoms with van der Waals surface area (Å²) in [5.41, 5.74) is 2.41. The van der Waals surface area contributed by atoms with Gasteiger partial charge in [-0.05, 0) is 50.5 Å². The van der Waals surface area contributed by atoms with Crippen LogP contribution in [0.4, 0.5) is 0 Å². The van der Waals surface area contributed by atoms with Crippen molar-refractivity contribution in [2.75, 3.05) is 13.7 Å². The van der Waals surface area contributed by atoms with E-state index in [1.165, 1.54) is 23.8 Å². The molecule has 98 valence electrons. The molecule has 1 saturated heterocycles. The van der Waals surface area contributed by atoms with Gasteiger partial charge in [-0.25, -0.2) is 0 Å². The van der Waals surface area contributed by atoms with Crippen molar-refractivity contribution in [3.63, 3.8) is 0 Å². The van der Waals surface area contributed by atoms with E-state index in [0.717, 1.165) is 17.9 Å². The zero-order valence-electron chi connectivity index (χ0n) is 11.3. The fourth-order valence-electron chi connectivity index (χ4n) is 2.10. The topological polar surface area (TPSA) is 34.2 Å². The Morgan fingerprint density at radius 2 is 2.22 bits per heavy atom. The molecule has 1 aliphatic rings. The van der Waals surface area contributed by atoms with Crippen molar-refractivity contribution in [3.05, 3.63) is 30.0 Å². The van der Waals surface area contributed by atoms with E-state index in [-0.39, 0.29) is 0 Å². The molecule has 0 spiro atoms. The van der Waals surface area contributed by atoms with E-state index in [2.05, 4.69) is 18.8 Å². The molecule has 3 rings (SSSR count). The van der Waals surface area contributed by atoms with Gasteiger partial charge in [0.05, 0.1) is 13.2 Å². The van der Waals surface area contributed by atoms with Gasteiger partial charge in [0.1, 0.15) is 5.75 Å². The summed E-state index contributed by atoms with van der Waals surface area (Å²) in [4.78, 5) is 3.18. The summed E-state index contributed by atoms with van der Waals surface area (Å²) < 4.78 is 10.3. The summed E-state index contributed by atoms with van der Waals surface area (Å²) in [6.07, 6.45) is 5.08. The van der Waals surface area contributed by atoms with Crippen LogP contribution in [0.25, 0.3) is 10.9 Å². The first kappa shape index (κ1) is 13.0. The predicted octanol–water partition coefficient (Wildman–Crippen LogP) is 3.67. The lowest BCUT2D eigenvalue weighted by Crippen LogP contribution is -1.94. The van der Waals surface area contributed by atoms with E-state index in [4.69, 9.17) is 9.47 Å². The molecule has 3 nitrogen and oxygen atoms in total. The monoisotopic (exact) mass is 247 g/mol. The second-order valence-electron chi connectivity index (χ2n) is 4.71. The number of ether oxygens (including phenoxy) is 2. The Hall–Kier alpha value is -1.48. The van der Waals surface area contributed by atoms with Gasteiger partial charge in [0.15, 0.2) is 0 Å². The molecule has 0 radical (unpaired) electrons. The van der Waals surface area contributed by atoms with Crippen LogP contribution in [0.1, 0.15) is 25.3 Å². The van der Waals surface area contributed by atoms with Crippen LogP contribution in [0.15, 0.2) is 24.4 Å². The number of H-pyrrole nitrogens is 1. The standard InChI is InChI=1S/C10H11NO.C5H10O/c1-7-6-11-10-4-3-8(12-2)5-9(7)10;1-5-3-2-4-6-5/h3-6,11H,1-2H3;5H,2-4H2,1H3. The number of hydrogen-bond donors (Lipinski definition) is 1. The molecule has 0 bridgehead atoms. The fourth-order valence-corrected chi connectivity index (χ4v) is 2.10. The molecule has 18 heavy (non-hydrogen) atoms. The van der Waals surface area contributed by atoms with Gasteiger partial charge in [0.25, 0.3) is 0 Å². The van der Waals surface area contributed by atoms with Crippen molar-refractivity contribution < 1.29 is 9.47 Å². The molecule has 1 atom stereocenters. The Morgan fingerprint density at radius 3 is 2.78 bits per heavy atom. The summed E-state index contributed by atoms with van der Waals surface area (Å²) in [6, 6.07) is 6.03. The van der Waals surface area contributed by atoms with Gasteiger partial charge in [-0.2, -0.15) is 0 Å². The largest absolute Gasteiger partial charge is 0.497 e. The molecule has 0 saturated carbocycles. The average molecular weight is 247 g/mol. The minimum absolute atomic E-state index is 0.546. The summed E-state index contributed by atoms with van der Waals surface area (Å²) >= 11 is 0. The Bertz CT molecular complexity index is 498. The van der Waals surface area contributed by atoms with Crippen LogP contribution in [-0.4, -0.2) is 24.8 Å². The highest BCUT2D eigenvalue weighted by atomic mass is 16.5. The van der Waals surface area contributed by atoms with Crippen LogP contribution < -0.4 is 4.74 Å². The summed E-state index contributed by atoms with van der Waals surface area (Å²) in [5, 5.41) is 1.23. The number of aryl methyl sites for hydroxylation is 1. The third-order valence-corrected chi connectivity index (χ3v) is 3.25. The second kappa shape index (κ2) is 5.91. The highest BCUT2D eigenvalue weighted by Crippen LogP contribution is 2.22. The van der Waals surface area contributed by atoms with Crippen LogP contribution in [0.2, 0.25) is 0 Å².